The zero-order chi connectivity index (χ0) is 20.1. The van der Waals surface area contributed by atoms with Gasteiger partial charge in [0.15, 0.2) is 5.11 Å². The number of nitrogens with one attached hydrogen (secondary N) is 2. The highest BCUT2D eigenvalue weighted by molar-refractivity contribution is 7.80. The molecule has 1 heterocycles. The van der Waals surface area contributed by atoms with Crippen LogP contribution in [-0.4, -0.2) is 15.9 Å². The first-order valence-corrected chi connectivity index (χ1v) is 9.47. The molecule has 0 fully saturated rings. The molecule has 0 spiro atoms. The lowest BCUT2D eigenvalue weighted by molar-refractivity contribution is 0.626. The number of anilines is 1. The van der Waals surface area contributed by atoms with E-state index in [1.807, 2.05) is 48.9 Å². The van der Waals surface area contributed by atoms with Crippen LogP contribution < -0.4 is 10.7 Å². The van der Waals surface area contributed by atoms with Gasteiger partial charge in [0.25, 0.3) is 0 Å². The number of thiocarbonyl (C=S) groups is 1. The molecule has 0 saturated heterocycles. The molecule has 1 aromatic heterocycles. The van der Waals surface area contributed by atoms with E-state index in [4.69, 9.17) is 23.8 Å². The van der Waals surface area contributed by atoms with Crippen molar-refractivity contribution in [3.8, 4) is 0 Å². The van der Waals surface area contributed by atoms with Gasteiger partial charge < -0.3 is 9.88 Å². The van der Waals surface area contributed by atoms with E-state index in [1.54, 1.807) is 12.3 Å². The third-order valence-corrected chi connectivity index (χ3v) is 4.76. The van der Waals surface area contributed by atoms with Crippen LogP contribution in [0.25, 0.3) is 0 Å². The van der Waals surface area contributed by atoms with Crippen LogP contribution in [0.4, 0.5) is 10.1 Å². The highest BCUT2D eigenvalue weighted by Gasteiger charge is 2.05. The Morgan fingerprint density at radius 1 is 1.21 bits per heavy atom. The summed E-state index contributed by atoms with van der Waals surface area (Å²) in [5, 5.41) is 8.14. The Morgan fingerprint density at radius 3 is 2.79 bits per heavy atom. The van der Waals surface area contributed by atoms with Crippen LogP contribution in [0, 0.1) is 19.7 Å². The summed E-state index contributed by atoms with van der Waals surface area (Å²) in [6, 6.07) is 14.3. The van der Waals surface area contributed by atoms with Gasteiger partial charge in [0, 0.05) is 23.5 Å². The van der Waals surface area contributed by atoms with Gasteiger partial charge in [-0.2, -0.15) is 5.10 Å². The summed E-state index contributed by atoms with van der Waals surface area (Å²) in [7, 11) is 0. The summed E-state index contributed by atoms with van der Waals surface area (Å²) in [5.41, 5.74) is 7.76. The average molecular weight is 415 g/mol. The monoisotopic (exact) mass is 414 g/mol. The quantitative estimate of drug-likeness (QED) is 0.339. The van der Waals surface area contributed by atoms with Crippen LogP contribution in [0.3, 0.4) is 0 Å². The Kier molecular flexibility index (Phi) is 6.44. The van der Waals surface area contributed by atoms with Crippen molar-refractivity contribution in [3.63, 3.8) is 0 Å². The van der Waals surface area contributed by atoms with E-state index in [9.17, 15) is 4.39 Å². The molecule has 0 aliphatic carbocycles. The average Bonchev–Trinajstić information content (AvgIpc) is 3.07. The predicted octanol–water partition coefficient (Wildman–Crippen LogP) is 5.27. The second-order valence-corrected chi connectivity index (χ2v) is 7.25. The Bertz CT molecular complexity index is 1030. The number of hydrazone groups is 1. The minimum absolute atomic E-state index is 0.350. The van der Waals surface area contributed by atoms with Crippen molar-refractivity contribution in [1.29, 1.82) is 0 Å². The largest absolute Gasteiger partial charge is 0.342 e. The van der Waals surface area contributed by atoms with Crippen molar-refractivity contribution in [2.45, 2.75) is 20.4 Å². The number of aromatic nitrogens is 1. The summed E-state index contributed by atoms with van der Waals surface area (Å²) < 4.78 is 15.2. The second-order valence-electron chi connectivity index (χ2n) is 6.44. The zero-order valence-electron chi connectivity index (χ0n) is 15.5. The van der Waals surface area contributed by atoms with E-state index in [0.29, 0.717) is 16.7 Å². The van der Waals surface area contributed by atoms with Crippen molar-refractivity contribution < 1.29 is 4.39 Å². The first-order chi connectivity index (χ1) is 13.4. The minimum atomic E-state index is -0.350. The molecule has 2 aromatic carbocycles. The molecular formula is C21H20ClFN4S. The molecule has 0 saturated carbocycles. The second kappa shape index (κ2) is 8.99. The fourth-order valence-electron chi connectivity index (χ4n) is 2.78. The van der Waals surface area contributed by atoms with E-state index in [-0.39, 0.29) is 5.82 Å². The first kappa shape index (κ1) is 20.0. The molecular weight excluding hydrogens is 395 g/mol. The Morgan fingerprint density at radius 2 is 2.04 bits per heavy atom. The minimum Gasteiger partial charge on any atom is -0.342 e. The maximum Gasteiger partial charge on any atom is 0.191 e. The lowest BCUT2D eigenvalue weighted by atomic mass is 10.1. The summed E-state index contributed by atoms with van der Waals surface area (Å²) in [6.45, 7) is 4.58. The van der Waals surface area contributed by atoms with Crippen LogP contribution in [0.5, 0.6) is 0 Å². The Balaban J connectivity index is 1.62. The van der Waals surface area contributed by atoms with E-state index in [1.165, 1.54) is 17.7 Å². The Hall–Kier alpha value is -2.70. The smallest absolute Gasteiger partial charge is 0.191 e. The van der Waals surface area contributed by atoms with Crippen LogP contribution in [0.2, 0.25) is 5.02 Å². The van der Waals surface area contributed by atoms with Gasteiger partial charge in [-0.15, -0.1) is 0 Å². The molecule has 0 aliphatic heterocycles. The van der Waals surface area contributed by atoms with E-state index < -0.39 is 0 Å². The number of aryl methyl sites for hydroxylation is 2. The van der Waals surface area contributed by atoms with Gasteiger partial charge in [-0.05, 0) is 67.5 Å². The number of nitrogens with zero attached hydrogens (tertiary/aromatic N) is 2. The number of hydrogen-bond acceptors (Lipinski definition) is 2. The maximum atomic E-state index is 13.2. The van der Waals surface area contributed by atoms with Gasteiger partial charge in [-0.3, -0.25) is 5.43 Å². The highest BCUT2D eigenvalue weighted by atomic mass is 35.5. The van der Waals surface area contributed by atoms with Crippen molar-refractivity contribution in [2.24, 2.45) is 5.10 Å². The molecule has 7 heteroatoms. The molecule has 0 radical (unpaired) electrons. The third kappa shape index (κ3) is 5.18. The van der Waals surface area contributed by atoms with Crippen molar-refractivity contribution in [1.82, 2.24) is 9.99 Å². The lowest BCUT2D eigenvalue weighted by Gasteiger charge is -2.11. The molecule has 144 valence electrons. The van der Waals surface area contributed by atoms with Crippen molar-refractivity contribution in [3.05, 3.63) is 88.0 Å². The van der Waals surface area contributed by atoms with Crippen LogP contribution in [0.15, 0.2) is 59.8 Å². The normalized spacial score (nSPS) is 11.0. The molecule has 3 aromatic rings. The predicted molar refractivity (Wildman–Crippen MR) is 118 cm³/mol. The molecule has 0 aliphatic rings. The van der Waals surface area contributed by atoms with Gasteiger partial charge in [0.1, 0.15) is 5.82 Å². The van der Waals surface area contributed by atoms with Crippen LogP contribution in [-0.2, 0) is 6.54 Å². The van der Waals surface area contributed by atoms with E-state index >= 15 is 0 Å². The van der Waals surface area contributed by atoms with Crippen LogP contribution in [0.1, 0.15) is 22.4 Å². The van der Waals surface area contributed by atoms with Crippen molar-refractivity contribution in [2.75, 3.05) is 5.32 Å². The fraction of sp³-hybridized carbons (Fsp3) is 0.143. The summed E-state index contributed by atoms with van der Waals surface area (Å²) in [4.78, 5) is 0. The number of rotatable bonds is 5. The summed E-state index contributed by atoms with van der Waals surface area (Å²) >= 11 is 11.4. The molecule has 0 unspecified atom stereocenters. The fourth-order valence-corrected chi connectivity index (χ4v) is 3.17. The van der Waals surface area contributed by atoms with Crippen LogP contribution >= 0.6 is 23.8 Å². The molecule has 4 nitrogen and oxygen atoms in total. The number of benzene rings is 2. The zero-order valence-corrected chi connectivity index (χ0v) is 17.1. The third-order valence-electron chi connectivity index (χ3n) is 4.21. The van der Waals surface area contributed by atoms with Gasteiger partial charge in [-0.1, -0.05) is 35.4 Å². The molecule has 0 amide bonds. The van der Waals surface area contributed by atoms with Gasteiger partial charge in [0.2, 0.25) is 0 Å². The highest BCUT2D eigenvalue weighted by Crippen LogP contribution is 2.19. The maximum absolute atomic E-state index is 13.2. The molecule has 0 bridgehead atoms. The topological polar surface area (TPSA) is 41.4 Å². The van der Waals surface area contributed by atoms with E-state index in [0.717, 1.165) is 22.5 Å². The van der Waals surface area contributed by atoms with Crippen molar-refractivity contribution >= 4 is 40.8 Å². The summed E-state index contributed by atoms with van der Waals surface area (Å²) in [5.74, 6) is -0.350. The lowest BCUT2D eigenvalue weighted by Crippen LogP contribution is -2.24. The number of hydrogen-bond donors (Lipinski definition) is 2. The Labute approximate surface area is 174 Å². The molecule has 2 N–H and O–H groups in total. The SMILES string of the molecule is Cc1ccc(NC(=S)N/N=C\c2cccn2Cc2ccc(F)cc2Cl)c(C)c1. The molecule has 28 heavy (non-hydrogen) atoms. The van der Waals surface area contributed by atoms with Gasteiger partial charge >= 0.3 is 0 Å². The van der Waals surface area contributed by atoms with E-state index in [2.05, 4.69) is 21.9 Å². The number of halogens is 2. The summed E-state index contributed by atoms with van der Waals surface area (Å²) in [6.07, 6.45) is 3.58. The van der Waals surface area contributed by atoms with Gasteiger partial charge in [0.05, 0.1) is 11.9 Å². The first-order valence-electron chi connectivity index (χ1n) is 8.69. The molecule has 3 rings (SSSR count). The molecule has 0 atom stereocenters. The standard InChI is InChI=1S/C21H20ClFN4S/c1-14-5-8-20(15(2)10-14)25-21(28)26-24-12-18-4-3-9-27(18)13-16-6-7-17(23)11-19(16)22/h3-12H,13H2,1-2H3,(H2,25,26,28)/b24-12-. The van der Waals surface area contributed by atoms with Gasteiger partial charge in [-0.25, -0.2) is 4.39 Å².